The predicted octanol–water partition coefficient (Wildman–Crippen LogP) is 1.95. The van der Waals surface area contributed by atoms with E-state index in [-0.39, 0.29) is 6.61 Å². The molecule has 3 nitrogen and oxygen atoms in total. The van der Waals surface area contributed by atoms with Gasteiger partial charge in [0.15, 0.2) is 0 Å². The average Bonchev–Trinajstić information content (AvgIpc) is 2.26. The standard InChI is InChI=1S/C11H15BrO3S/c1-7(14)10-4-8(12)2-3-11(10)16-6-9(15)5-13/h2-4,7,9,13-15H,5-6H2,1H3. The van der Waals surface area contributed by atoms with Gasteiger partial charge in [-0.3, -0.25) is 0 Å². The summed E-state index contributed by atoms with van der Waals surface area (Å²) in [5.41, 5.74) is 0.824. The maximum atomic E-state index is 9.61. The summed E-state index contributed by atoms with van der Waals surface area (Å²) in [7, 11) is 0. The van der Waals surface area contributed by atoms with Crippen LogP contribution < -0.4 is 0 Å². The number of thioether (sulfide) groups is 1. The molecule has 0 radical (unpaired) electrons. The molecule has 0 amide bonds. The summed E-state index contributed by atoms with van der Waals surface area (Å²) in [6, 6.07) is 5.64. The molecule has 1 rings (SSSR count). The minimum Gasteiger partial charge on any atom is -0.394 e. The Morgan fingerprint density at radius 3 is 2.62 bits per heavy atom. The van der Waals surface area contributed by atoms with Crippen LogP contribution in [0.1, 0.15) is 18.6 Å². The van der Waals surface area contributed by atoms with Crippen molar-refractivity contribution in [3.63, 3.8) is 0 Å². The second-order valence-electron chi connectivity index (χ2n) is 3.51. The van der Waals surface area contributed by atoms with E-state index < -0.39 is 12.2 Å². The van der Waals surface area contributed by atoms with E-state index in [4.69, 9.17) is 5.11 Å². The van der Waals surface area contributed by atoms with Crippen LogP contribution in [0.5, 0.6) is 0 Å². The molecule has 1 aromatic rings. The first-order chi connectivity index (χ1) is 7.54. The van der Waals surface area contributed by atoms with Crippen molar-refractivity contribution in [2.75, 3.05) is 12.4 Å². The van der Waals surface area contributed by atoms with E-state index in [1.165, 1.54) is 11.8 Å². The number of aliphatic hydroxyl groups excluding tert-OH is 3. The summed E-state index contributed by atoms with van der Waals surface area (Å²) in [6.07, 6.45) is -1.28. The van der Waals surface area contributed by atoms with Gasteiger partial charge in [0.1, 0.15) is 0 Å². The van der Waals surface area contributed by atoms with Gasteiger partial charge in [-0.2, -0.15) is 0 Å². The third-order valence-electron chi connectivity index (χ3n) is 2.06. The number of hydrogen-bond acceptors (Lipinski definition) is 4. The Balaban J connectivity index is 2.78. The molecule has 0 aliphatic heterocycles. The predicted molar refractivity (Wildman–Crippen MR) is 68.6 cm³/mol. The summed E-state index contributed by atoms with van der Waals surface area (Å²) in [4.78, 5) is 0.922. The lowest BCUT2D eigenvalue weighted by Gasteiger charge is -2.13. The molecule has 0 fully saturated rings. The molecule has 2 atom stereocenters. The highest BCUT2D eigenvalue weighted by Gasteiger charge is 2.11. The van der Waals surface area contributed by atoms with Gasteiger partial charge in [0.05, 0.1) is 18.8 Å². The van der Waals surface area contributed by atoms with Crippen LogP contribution in [0.4, 0.5) is 0 Å². The Morgan fingerprint density at radius 1 is 1.38 bits per heavy atom. The van der Waals surface area contributed by atoms with Crippen LogP contribution >= 0.6 is 27.7 Å². The zero-order chi connectivity index (χ0) is 12.1. The van der Waals surface area contributed by atoms with Crippen molar-refractivity contribution in [1.82, 2.24) is 0 Å². The van der Waals surface area contributed by atoms with Crippen molar-refractivity contribution in [2.45, 2.75) is 24.0 Å². The molecule has 0 aliphatic carbocycles. The topological polar surface area (TPSA) is 60.7 Å². The highest BCUT2D eigenvalue weighted by molar-refractivity contribution is 9.10. The van der Waals surface area contributed by atoms with Crippen LogP contribution in [0.3, 0.4) is 0 Å². The smallest absolute Gasteiger partial charge is 0.0864 e. The van der Waals surface area contributed by atoms with Crippen molar-refractivity contribution >= 4 is 27.7 Å². The van der Waals surface area contributed by atoms with Gasteiger partial charge in [-0.05, 0) is 30.7 Å². The maximum absolute atomic E-state index is 9.61. The third-order valence-corrected chi connectivity index (χ3v) is 3.79. The molecule has 0 saturated carbocycles. The number of aliphatic hydroxyl groups is 3. The van der Waals surface area contributed by atoms with Gasteiger partial charge in [0.25, 0.3) is 0 Å². The van der Waals surface area contributed by atoms with Gasteiger partial charge >= 0.3 is 0 Å². The zero-order valence-corrected chi connectivity index (χ0v) is 11.3. The number of hydrogen-bond donors (Lipinski definition) is 3. The number of benzene rings is 1. The van der Waals surface area contributed by atoms with Crippen LogP contribution in [0.15, 0.2) is 27.6 Å². The van der Waals surface area contributed by atoms with Crippen LogP contribution in [-0.4, -0.2) is 33.8 Å². The Morgan fingerprint density at radius 2 is 2.06 bits per heavy atom. The molecule has 1 aromatic carbocycles. The fourth-order valence-electron chi connectivity index (χ4n) is 1.22. The Bertz CT molecular complexity index is 344. The fraction of sp³-hybridized carbons (Fsp3) is 0.455. The third kappa shape index (κ3) is 4.07. The molecule has 0 aromatic heterocycles. The summed E-state index contributed by atoms with van der Waals surface area (Å²) in [5, 5.41) is 27.6. The van der Waals surface area contributed by atoms with Gasteiger partial charge in [-0.25, -0.2) is 0 Å². The highest BCUT2D eigenvalue weighted by Crippen LogP contribution is 2.30. The summed E-state index contributed by atoms with van der Waals surface area (Å²) >= 11 is 4.77. The van der Waals surface area contributed by atoms with E-state index in [9.17, 15) is 10.2 Å². The quantitative estimate of drug-likeness (QED) is 0.728. The molecule has 0 aliphatic rings. The Hall–Kier alpha value is -0.0700. The summed E-state index contributed by atoms with van der Waals surface area (Å²) < 4.78 is 0.912. The fourth-order valence-corrected chi connectivity index (χ4v) is 2.63. The second kappa shape index (κ2) is 6.61. The van der Waals surface area contributed by atoms with E-state index in [1.807, 2.05) is 18.2 Å². The van der Waals surface area contributed by atoms with Crippen molar-refractivity contribution in [3.8, 4) is 0 Å². The largest absolute Gasteiger partial charge is 0.394 e. The minimum absolute atomic E-state index is 0.243. The lowest BCUT2D eigenvalue weighted by atomic mass is 10.1. The molecule has 5 heteroatoms. The van der Waals surface area contributed by atoms with Crippen molar-refractivity contribution < 1.29 is 15.3 Å². The molecule has 3 N–H and O–H groups in total. The van der Waals surface area contributed by atoms with Crippen molar-refractivity contribution in [2.24, 2.45) is 0 Å². The average molecular weight is 307 g/mol. The molecule has 2 unspecified atom stereocenters. The lowest BCUT2D eigenvalue weighted by Crippen LogP contribution is -2.14. The molecule has 0 bridgehead atoms. The second-order valence-corrected chi connectivity index (χ2v) is 5.48. The van der Waals surface area contributed by atoms with Gasteiger partial charge in [0.2, 0.25) is 0 Å². The van der Waals surface area contributed by atoms with E-state index >= 15 is 0 Å². The van der Waals surface area contributed by atoms with Crippen LogP contribution in [-0.2, 0) is 0 Å². The van der Waals surface area contributed by atoms with E-state index in [0.717, 1.165) is 14.9 Å². The molecule has 0 spiro atoms. The van der Waals surface area contributed by atoms with Crippen LogP contribution in [0.25, 0.3) is 0 Å². The Kier molecular flexibility index (Phi) is 5.78. The van der Waals surface area contributed by atoms with Gasteiger partial charge in [0, 0.05) is 15.1 Å². The zero-order valence-electron chi connectivity index (χ0n) is 8.93. The number of halogens is 1. The first-order valence-corrected chi connectivity index (χ1v) is 6.71. The minimum atomic E-state index is -0.726. The van der Waals surface area contributed by atoms with E-state index in [1.54, 1.807) is 6.92 Å². The van der Waals surface area contributed by atoms with Crippen molar-refractivity contribution in [3.05, 3.63) is 28.2 Å². The normalized spacial score (nSPS) is 14.8. The molecule has 90 valence electrons. The first-order valence-electron chi connectivity index (χ1n) is 4.93. The molecular weight excluding hydrogens is 292 g/mol. The molecular formula is C11H15BrO3S. The summed E-state index contributed by atoms with van der Waals surface area (Å²) in [6.45, 7) is 1.46. The van der Waals surface area contributed by atoms with Crippen molar-refractivity contribution in [1.29, 1.82) is 0 Å². The SMILES string of the molecule is CC(O)c1cc(Br)ccc1SCC(O)CO. The molecule has 16 heavy (non-hydrogen) atoms. The van der Waals surface area contributed by atoms with Crippen LogP contribution in [0.2, 0.25) is 0 Å². The molecule has 0 heterocycles. The first kappa shape index (κ1) is 14.0. The lowest BCUT2D eigenvalue weighted by molar-refractivity contribution is 0.113. The number of rotatable bonds is 5. The van der Waals surface area contributed by atoms with Gasteiger partial charge in [-0.1, -0.05) is 15.9 Å². The van der Waals surface area contributed by atoms with Gasteiger partial charge < -0.3 is 15.3 Å². The highest BCUT2D eigenvalue weighted by atomic mass is 79.9. The summed E-state index contributed by atoms with van der Waals surface area (Å²) in [5.74, 6) is 0.415. The van der Waals surface area contributed by atoms with Crippen LogP contribution in [0, 0.1) is 0 Å². The molecule has 0 saturated heterocycles. The van der Waals surface area contributed by atoms with E-state index in [0.29, 0.717) is 5.75 Å². The van der Waals surface area contributed by atoms with Gasteiger partial charge in [-0.15, -0.1) is 11.8 Å². The Labute approximate surface area is 108 Å². The monoisotopic (exact) mass is 306 g/mol. The maximum Gasteiger partial charge on any atom is 0.0864 e. The van der Waals surface area contributed by atoms with E-state index in [2.05, 4.69) is 15.9 Å².